The quantitative estimate of drug-likeness (QED) is 0.359. The predicted octanol–water partition coefficient (Wildman–Crippen LogP) is 2.61. The summed E-state index contributed by atoms with van der Waals surface area (Å²) >= 11 is 19.4. The van der Waals surface area contributed by atoms with E-state index >= 15 is 0 Å². The van der Waals surface area contributed by atoms with E-state index in [9.17, 15) is 0 Å². The van der Waals surface area contributed by atoms with E-state index in [-0.39, 0.29) is 21.1 Å². The monoisotopic (exact) mass is 515 g/mol. The molecule has 2 heterocycles. The van der Waals surface area contributed by atoms with Gasteiger partial charge in [0.15, 0.2) is 0 Å². The van der Waals surface area contributed by atoms with Crippen LogP contribution in [0.4, 0.5) is 0 Å². The first-order chi connectivity index (χ1) is 8.61. The van der Waals surface area contributed by atoms with Crippen molar-refractivity contribution in [1.29, 1.82) is 0 Å². The third-order valence-electron chi connectivity index (χ3n) is 3.23. The van der Waals surface area contributed by atoms with Crippen LogP contribution in [0.1, 0.15) is 38.5 Å². The minimum Gasteiger partial charge on any atom is -0.411 e. The molecule has 0 aromatic carbocycles. The van der Waals surface area contributed by atoms with Crippen molar-refractivity contribution in [1.82, 2.24) is 9.80 Å². The van der Waals surface area contributed by atoms with Crippen LogP contribution in [0, 0.1) is 0 Å². The second-order valence-corrected chi connectivity index (χ2v) is 6.69. The Kier molecular flexibility index (Phi) is 12.1. The zero-order chi connectivity index (χ0) is 13.4. The summed E-state index contributed by atoms with van der Waals surface area (Å²) < 4.78 is 1.30. The van der Waals surface area contributed by atoms with Crippen molar-refractivity contribution in [2.75, 3.05) is 26.2 Å². The number of hydrogen-bond donors (Lipinski definition) is 0. The van der Waals surface area contributed by atoms with E-state index in [0.717, 1.165) is 26.2 Å². The molecule has 2 aliphatic heterocycles. The first kappa shape index (κ1) is 19.9. The summed E-state index contributed by atoms with van der Waals surface area (Å²) in [4.78, 5) is 4.21. The van der Waals surface area contributed by atoms with Crippen molar-refractivity contribution in [2.24, 2.45) is 0 Å². The van der Waals surface area contributed by atoms with Crippen LogP contribution in [0.3, 0.4) is 0 Å². The van der Waals surface area contributed by atoms with Crippen LogP contribution >= 0.6 is 24.4 Å². The predicted molar refractivity (Wildman–Crippen MR) is 90.8 cm³/mol. The van der Waals surface area contributed by atoms with E-state index in [1.165, 1.54) is 38.5 Å². The molecule has 112 valence electrons. The van der Waals surface area contributed by atoms with Gasteiger partial charge in [-0.3, -0.25) is 0 Å². The Hall–Kier alpha value is 0.908. The van der Waals surface area contributed by atoms with E-state index in [1.807, 2.05) is 0 Å². The maximum Gasteiger partial charge on any atom is 2.00 e. The van der Waals surface area contributed by atoms with Gasteiger partial charge in [-0.2, -0.15) is 0 Å². The van der Waals surface area contributed by atoms with Crippen molar-refractivity contribution in [2.45, 2.75) is 38.5 Å². The van der Waals surface area contributed by atoms with E-state index < -0.39 is 0 Å². The first-order valence-electron chi connectivity index (χ1n) is 6.53. The Morgan fingerprint density at radius 2 is 0.895 bits per heavy atom. The molecule has 2 fully saturated rings. The van der Waals surface area contributed by atoms with Gasteiger partial charge in [-0.15, -0.1) is 0 Å². The van der Waals surface area contributed by atoms with Crippen molar-refractivity contribution in [3.05, 3.63) is 0 Å². The number of nitrogens with zero attached hydrogens (tertiary/aromatic N) is 2. The summed E-state index contributed by atoms with van der Waals surface area (Å²) in [5.41, 5.74) is 0. The molecule has 2 rings (SSSR count). The van der Waals surface area contributed by atoms with Gasteiger partial charge in [0.25, 0.3) is 0 Å². The fourth-order valence-corrected chi connectivity index (χ4v) is 2.88. The molecule has 0 unspecified atom stereocenters. The Morgan fingerprint density at radius 1 is 0.632 bits per heavy atom. The summed E-state index contributed by atoms with van der Waals surface area (Å²) in [5.74, 6) is 0. The van der Waals surface area contributed by atoms with Crippen LogP contribution in [0.25, 0.3) is 0 Å². The second kappa shape index (κ2) is 11.6. The second-order valence-electron chi connectivity index (χ2n) is 4.63. The molecule has 0 bridgehead atoms. The SMILES string of the molecule is S=C([S-])N1CCCCC1.S=C([S-])N1CCCCC1.[Pt+2]. The van der Waals surface area contributed by atoms with Gasteiger partial charge in [0.1, 0.15) is 0 Å². The molecule has 0 N–H and O–H groups in total. The average molecular weight is 516 g/mol. The molecule has 0 atom stereocenters. The topological polar surface area (TPSA) is 6.48 Å². The molecule has 0 saturated carbocycles. The molecule has 0 amide bonds. The number of piperidine rings is 2. The van der Waals surface area contributed by atoms with Crippen LogP contribution in [-0.4, -0.2) is 44.6 Å². The molecule has 0 aromatic rings. The zero-order valence-electron chi connectivity index (χ0n) is 10.9. The van der Waals surface area contributed by atoms with E-state index in [1.54, 1.807) is 0 Å². The van der Waals surface area contributed by atoms with Gasteiger partial charge < -0.3 is 59.5 Å². The molecule has 2 nitrogen and oxygen atoms in total. The van der Waals surface area contributed by atoms with Gasteiger partial charge in [0.2, 0.25) is 0 Å². The normalized spacial score (nSPS) is 18.7. The fourth-order valence-electron chi connectivity index (χ4n) is 2.15. The maximum atomic E-state index is 4.86. The third-order valence-corrected chi connectivity index (χ3v) is 4.26. The molecule has 2 aliphatic rings. The van der Waals surface area contributed by atoms with Crippen LogP contribution < -0.4 is 0 Å². The van der Waals surface area contributed by atoms with Gasteiger partial charge in [-0.05, 0) is 38.5 Å². The molecule has 2 saturated heterocycles. The Bertz CT molecular complexity index is 249. The summed E-state index contributed by atoms with van der Waals surface area (Å²) in [5, 5.41) is 0. The van der Waals surface area contributed by atoms with Gasteiger partial charge >= 0.3 is 21.1 Å². The Labute approximate surface area is 153 Å². The summed E-state index contributed by atoms with van der Waals surface area (Å²) in [7, 11) is 0. The third kappa shape index (κ3) is 8.71. The summed E-state index contributed by atoms with van der Waals surface area (Å²) in [6, 6.07) is 0. The Morgan fingerprint density at radius 3 is 1.05 bits per heavy atom. The first-order valence-corrected chi connectivity index (χ1v) is 8.16. The average Bonchev–Trinajstić information content (AvgIpc) is 2.41. The van der Waals surface area contributed by atoms with Crippen molar-refractivity contribution < 1.29 is 21.1 Å². The number of thiocarbonyl (C=S) groups is 2. The molecule has 0 aromatic heterocycles. The molecular weight excluding hydrogens is 495 g/mol. The van der Waals surface area contributed by atoms with Crippen LogP contribution in [0.15, 0.2) is 0 Å². The van der Waals surface area contributed by atoms with Gasteiger partial charge in [0.05, 0.1) is 0 Å². The zero-order valence-corrected chi connectivity index (χ0v) is 16.5. The fraction of sp³-hybridized carbons (Fsp3) is 0.833. The molecule has 0 spiro atoms. The van der Waals surface area contributed by atoms with Gasteiger partial charge in [0, 0.05) is 26.2 Å². The van der Waals surface area contributed by atoms with Crippen molar-refractivity contribution in [3.63, 3.8) is 0 Å². The van der Waals surface area contributed by atoms with Crippen molar-refractivity contribution >= 4 is 58.3 Å². The summed E-state index contributed by atoms with van der Waals surface area (Å²) in [6.45, 7) is 4.34. The maximum absolute atomic E-state index is 4.86. The smallest absolute Gasteiger partial charge is 0.411 e. The standard InChI is InChI=1S/2C6H11NS2.Pt/c2*8-6(9)7-4-2-1-3-5-7;/h2*1-5H2,(H,8,9);/q;;+2/p-2. The van der Waals surface area contributed by atoms with E-state index in [0.29, 0.717) is 8.64 Å². The number of rotatable bonds is 0. The number of hydrogen-bond acceptors (Lipinski definition) is 4. The van der Waals surface area contributed by atoms with E-state index in [4.69, 9.17) is 49.7 Å². The molecule has 7 heteroatoms. The molecule has 19 heavy (non-hydrogen) atoms. The van der Waals surface area contributed by atoms with Gasteiger partial charge in [-0.25, -0.2) is 0 Å². The number of likely N-dealkylation sites (tertiary alicyclic amines) is 2. The van der Waals surface area contributed by atoms with E-state index in [2.05, 4.69) is 9.80 Å². The minimum atomic E-state index is 0. The summed E-state index contributed by atoms with van der Waals surface area (Å²) in [6.07, 6.45) is 7.73. The molecular formula is C12H20N2PtS4. The van der Waals surface area contributed by atoms with Gasteiger partial charge in [-0.1, -0.05) is 8.64 Å². The van der Waals surface area contributed by atoms with Crippen LogP contribution in [-0.2, 0) is 46.3 Å². The van der Waals surface area contributed by atoms with Crippen LogP contribution in [0.5, 0.6) is 0 Å². The largest absolute Gasteiger partial charge is 2.00 e. The Balaban J connectivity index is 0.000000324. The minimum absolute atomic E-state index is 0. The molecule has 0 radical (unpaired) electrons. The van der Waals surface area contributed by atoms with Crippen molar-refractivity contribution in [3.8, 4) is 0 Å². The molecule has 0 aliphatic carbocycles. The van der Waals surface area contributed by atoms with Crippen LogP contribution in [0.2, 0.25) is 0 Å².